The number of furan rings is 1. The zero-order valence-electron chi connectivity index (χ0n) is 12.4. The van der Waals surface area contributed by atoms with Crippen molar-refractivity contribution < 1.29 is 17.6 Å². The minimum absolute atomic E-state index is 0.129. The predicted octanol–water partition coefficient (Wildman–Crippen LogP) is 2.61. The molecule has 0 atom stereocenters. The number of carbonyl (C=O) groups excluding carboxylic acids is 1. The average molecular weight is 363 g/mol. The molecule has 2 heterocycles. The van der Waals surface area contributed by atoms with Crippen molar-refractivity contribution in [2.75, 3.05) is 11.9 Å². The lowest BCUT2D eigenvalue weighted by Gasteiger charge is -2.03. The minimum atomic E-state index is -3.61. The van der Waals surface area contributed by atoms with Crippen LogP contribution in [0.1, 0.15) is 10.6 Å². The molecule has 0 aliphatic rings. The number of aromatic nitrogens is 1. The van der Waals surface area contributed by atoms with E-state index in [1.165, 1.54) is 35.8 Å². The fourth-order valence-corrected chi connectivity index (χ4v) is 3.94. The molecule has 0 spiro atoms. The Bertz CT molecular complexity index is 991. The van der Waals surface area contributed by atoms with Gasteiger partial charge in [0.05, 0.1) is 21.4 Å². The van der Waals surface area contributed by atoms with Gasteiger partial charge in [-0.15, -0.1) is 6.58 Å². The molecule has 2 aromatic heterocycles. The summed E-state index contributed by atoms with van der Waals surface area (Å²) < 4.78 is 32.3. The number of anilines is 1. The van der Waals surface area contributed by atoms with E-state index in [0.717, 1.165) is 0 Å². The third-order valence-corrected chi connectivity index (χ3v) is 5.41. The molecule has 0 aliphatic heterocycles. The summed E-state index contributed by atoms with van der Waals surface area (Å²) in [5.74, 6) is -0.245. The van der Waals surface area contributed by atoms with Gasteiger partial charge in [0.15, 0.2) is 10.9 Å². The van der Waals surface area contributed by atoms with E-state index in [4.69, 9.17) is 4.42 Å². The summed E-state index contributed by atoms with van der Waals surface area (Å²) in [6.07, 6.45) is 2.87. The second kappa shape index (κ2) is 6.56. The first-order chi connectivity index (χ1) is 11.5. The van der Waals surface area contributed by atoms with Gasteiger partial charge in [0, 0.05) is 6.54 Å². The van der Waals surface area contributed by atoms with Crippen LogP contribution in [0, 0.1) is 0 Å². The van der Waals surface area contributed by atoms with Gasteiger partial charge in [-0.05, 0) is 30.3 Å². The third-order valence-electron chi connectivity index (χ3n) is 3.05. The maximum atomic E-state index is 12.1. The van der Waals surface area contributed by atoms with Gasteiger partial charge < -0.3 is 4.42 Å². The summed E-state index contributed by atoms with van der Waals surface area (Å²) in [4.78, 5) is 16.3. The average Bonchev–Trinajstić information content (AvgIpc) is 3.21. The fourth-order valence-electron chi connectivity index (χ4n) is 1.94. The highest BCUT2D eigenvalue weighted by Gasteiger charge is 2.16. The molecule has 0 saturated carbocycles. The molecular formula is C15H13N3O4S2. The molecule has 24 heavy (non-hydrogen) atoms. The summed E-state index contributed by atoms with van der Waals surface area (Å²) in [6.45, 7) is 3.62. The Morgan fingerprint density at radius 2 is 2.21 bits per heavy atom. The van der Waals surface area contributed by atoms with Crippen LogP contribution in [0.4, 0.5) is 5.13 Å². The smallest absolute Gasteiger partial charge is 0.293 e. The Morgan fingerprint density at radius 1 is 1.38 bits per heavy atom. The molecule has 1 aromatic carbocycles. The van der Waals surface area contributed by atoms with Crippen LogP contribution in [0.2, 0.25) is 0 Å². The summed E-state index contributed by atoms with van der Waals surface area (Å²) >= 11 is 1.18. The Labute approximate surface area is 142 Å². The second-order valence-corrected chi connectivity index (χ2v) is 7.52. The zero-order chi connectivity index (χ0) is 17.2. The Morgan fingerprint density at radius 3 is 2.92 bits per heavy atom. The number of nitrogens with one attached hydrogen (secondary N) is 2. The lowest BCUT2D eigenvalue weighted by molar-refractivity contribution is 0.0996. The van der Waals surface area contributed by atoms with Crippen molar-refractivity contribution >= 4 is 42.6 Å². The molecule has 0 radical (unpaired) electrons. The van der Waals surface area contributed by atoms with Gasteiger partial charge in [-0.2, -0.15) is 0 Å². The van der Waals surface area contributed by atoms with Crippen molar-refractivity contribution in [2.45, 2.75) is 4.90 Å². The molecule has 0 bridgehead atoms. The molecule has 1 amide bonds. The summed E-state index contributed by atoms with van der Waals surface area (Å²) in [5.41, 5.74) is 0.595. The molecule has 124 valence electrons. The molecular weight excluding hydrogens is 350 g/mol. The number of fused-ring (bicyclic) bond motifs is 1. The van der Waals surface area contributed by atoms with Crippen molar-refractivity contribution in [1.29, 1.82) is 0 Å². The number of rotatable bonds is 6. The molecule has 3 rings (SSSR count). The molecule has 2 N–H and O–H groups in total. The van der Waals surface area contributed by atoms with Gasteiger partial charge in [-0.25, -0.2) is 18.1 Å². The quantitative estimate of drug-likeness (QED) is 0.656. The van der Waals surface area contributed by atoms with Gasteiger partial charge in [-0.1, -0.05) is 17.4 Å². The second-order valence-electron chi connectivity index (χ2n) is 4.72. The van der Waals surface area contributed by atoms with Crippen LogP contribution >= 0.6 is 11.3 Å². The number of thiazole rings is 1. The van der Waals surface area contributed by atoms with Crippen molar-refractivity contribution in [3.63, 3.8) is 0 Å². The van der Waals surface area contributed by atoms with Crippen LogP contribution in [0.25, 0.3) is 10.2 Å². The number of hydrogen-bond donors (Lipinski definition) is 2. The summed E-state index contributed by atoms with van der Waals surface area (Å²) in [6, 6.07) is 7.72. The van der Waals surface area contributed by atoms with E-state index in [2.05, 4.69) is 21.6 Å². The number of nitrogens with zero attached hydrogens (tertiary/aromatic N) is 1. The highest BCUT2D eigenvalue weighted by molar-refractivity contribution is 7.89. The lowest BCUT2D eigenvalue weighted by Crippen LogP contribution is -2.23. The molecule has 0 saturated heterocycles. The normalized spacial score (nSPS) is 11.5. The summed E-state index contributed by atoms with van der Waals surface area (Å²) in [5, 5.41) is 2.98. The number of benzene rings is 1. The van der Waals surface area contributed by atoms with Gasteiger partial charge in [0.2, 0.25) is 10.0 Å². The van der Waals surface area contributed by atoms with Crippen LogP contribution in [-0.4, -0.2) is 25.9 Å². The number of carbonyl (C=O) groups is 1. The Balaban J connectivity index is 1.86. The number of sulfonamides is 1. The molecule has 7 nitrogen and oxygen atoms in total. The van der Waals surface area contributed by atoms with E-state index in [1.54, 1.807) is 18.2 Å². The van der Waals surface area contributed by atoms with E-state index < -0.39 is 15.9 Å². The van der Waals surface area contributed by atoms with Crippen molar-refractivity contribution in [1.82, 2.24) is 9.71 Å². The highest BCUT2D eigenvalue weighted by atomic mass is 32.2. The zero-order valence-corrected chi connectivity index (χ0v) is 14.0. The van der Waals surface area contributed by atoms with Crippen molar-refractivity contribution in [2.24, 2.45) is 0 Å². The van der Waals surface area contributed by atoms with E-state index >= 15 is 0 Å². The molecule has 0 unspecified atom stereocenters. The Hall–Kier alpha value is -2.49. The van der Waals surface area contributed by atoms with Gasteiger partial charge in [0.25, 0.3) is 5.91 Å². The van der Waals surface area contributed by atoms with Crippen LogP contribution < -0.4 is 10.0 Å². The first-order valence-electron chi connectivity index (χ1n) is 6.85. The minimum Gasteiger partial charge on any atom is -0.459 e. The standard InChI is InChI=1S/C15H13N3O4S2/c1-2-7-16-24(20,21)10-5-6-11-13(9-10)23-15(17-11)18-14(19)12-4-3-8-22-12/h2-6,8-9,16H,1,7H2,(H,17,18,19). The van der Waals surface area contributed by atoms with Crippen LogP contribution in [-0.2, 0) is 10.0 Å². The van der Waals surface area contributed by atoms with Crippen molar-refractivity contribution in [3.8, 4) is 0 Å². The van der Waals surface area contributed by atoms with Crippen molar-refractivity contribution in [3.05, 3.63) is 55.0 Å². The van der Waals surface area contributed by atoms with Crippen LogP contribution in [0.3, 0.4) is 0 Å². The lowest BCUT2D eigenvalue weighted by atomic mass is 10.3. The van der Waals surface area contributed by atoms with Crippen LogP contribution in [0.15, 0.2) is 58.6 Å². The highest BCUT2D eigenvalue weighted by Crippen LogP contribution is 2.28. The monoisotopic (exact) mass is 363 g/mol. The number of hydrogen-bond acceptors (Lipinski definition) is 6. The Kier molecular flexibility index (Phi) is 4.47. The van der Waals surface area contributed by atoms with E-state index in [-0.39, 0.29) is 17.2 Å². The SMILES string of the molecule is C=CCNS(=O)(=O)c1ccc2nc(NC(=O)c3ccco3)sc2c1. The fraction of sp³-hybridized carbons (Fsp3) is 0.0667. The maximum Gasteiger partial charge on any atom is 0.293 e. The maximum absolute atomic E-state index is 12.1. The van der Waals surface area contributed by atoms with Gasteiger partial charge in [-0.3, -0.25) is 10.1 Å². The molecule has 0 aliphatic carbocycles. The molecule has 9 heteroatoms. The van der Waals surface area contributed by atoms with Gasteiger partial charge >= 0.3 is 0 Å². The van der Waals surface area contributed by atoms with Gasteiger partial charge in [0.1, 0.15) is 0 Å². The van der Waals surface area contributed by atoms with E-state index in [0.29, 0.717) is 15.3 Å². The molecule has 0 fully saturated rings. The first kappa shape index (κ1) is 16.4. The topological polar surface area (TPSA) is 101 Å². The summed E-state index contributed by atoms with van der Waals surface area (Å²) in [7, 11) is -3.61. The van der Waals surface area contributed by atoms with E-state index in [1.807, 2.05) is 0 Å². The third kappa shape index (κ3) is 3.37. The number of amides is 1. The predicted molar refractivity (Wildman–Crippen MR) is 91.7 cm³/mol. The first-order valence-corrected chi connectivity index (χ1v) is 9.15. The van der Waals surface area contributed by atoms with E-state index in [9.17, 15) is 13.2 Å². The largest absolute Gasteiger partial charge is 0.459 e. The van der Waals surface area contributed by atoms with Crippen LogP contribution in [0.5, 0.6) is 0 Å². The molecule has 3 aromatic rings.